The lowest BCUT2D eigenvalue weighted by molar-refractivity contribution is -0.387. The van der Waals surface area contributed by atoms with Crippen molar-refractivity contribution in [2.75, 3.05) is 12.8 Å². The highest BCUT2D eigenvalue weighted by Gasteiger charge is 2.21. The minimum absolute atomic E-state index is 0.0438. The van der Waals surface area contributed by atoms with Crippen LogP contribution >= 0.6 is 11.8 Å². The molecule has 0 spiro atoms. The molecule has 0 saturated carbocycles. The van der Waals surface area contributed by atoms with Gasteiger partial charge in [-0.3, -0.25) is 19.7 Å². The molecular weight excluding hydrogens is 366 g/mol. The van der Waals surface area contributed by atoms with Crippen molar-refractivity contribution in [3.05, 3.63) is 69.3 Å². The van der Waals surface area contributed by atoms with Crippen molar-refractivity contribution in [1.82, 2.24) is 5.32 Å². The fourth-order valence-electron chi connectivity index (χ4n) is 2.52. The molecular formula is C19H21N3O4S. The Labute approximate surface area is 161 Å². The molecule has 1 amide bonds. The van der Waals surface area contributed by atoms with Crippen molar-refractivity contribution in [1.29, 1.82) is 0 Å². The van der Waals surface area contributed by atoms with E-state index in [1.165, 1.54) is 30.0 Å². The first kappa shape index (κ1) is 20.6. The van der Waals surface area contributed by atoms with Crippen LogP contribution in [-0.2, 0) is 0 Å². The Kier molecular flexibility index (Phi) is 7.09. The van der Waals surface area contributed by atoms with Gasteiger partial charge in [-0.1, -0.05) is 18.2 Å². The van der Waals surface area contributed by atoms with Gasteiger partial charge in [0.2, 0.25) is 0 Å². The van der Waals surface area contributed by atoms with E-state index in [1.807, 2.05) is 6.92 Å². The summed E-state index contributed by atoms with van der Waals surface area (Å²) in [6.07, 6.45) is 2.34. The number of nitro benzene ring substituents is 1. The summed E-state index contributed by atoms with van der Waals surface area (Å²) in [6, 6.07) is 10.7. The van der Waals surface area contributed by atoms with Gasteiger partial charge >= 0.3 is 0 Å². The first-order valence-corrected chi connectivity index (χ1v) is 9.57. The molecule has 7 nitrogen and oxygen atoms in total. The maximum Gasteiger partial charge on any atom is 0.283 e. The van der Waals surface area contributed by atoms with Crippen LogP contribution in [0.3, 0.4) is 0 Å². The fourth-order valence-corrected chi connectivity index (χ4v) is 3.06. The van der Waals surface area contributed by atoms with Crippen LogP contribution in [0.4, 0.5) is 5.69 Å². The summed E-state index contributed by atoms with van der Waals surface area (Å²) in [5, 5.41) is 14.0. The number of nitro groups is 1. The summed E-state index contributed by atoms with van der Waals surface area (Å²) in [4.78, 5) is 36.5. The van der Waals surface area contributed by atoms with Gasteiger partial charge in [0.1, 0.15) is 0 Å². The van der Waals surface area contributed by atoms with Crippen LogP contribution in [0.5, 0.6) is 0 Å². The summed E-state index contributed by atoms with van der Waals surface area (Å²) in [5.74, 6) is -0.821. The predicted molar refractivity (Wildman–Crippen MR) is 105 cm³/mol. The average Bonchev–Trinajstić information content (AvgIpc) is 2.66. The van der Waals surface area contributed by atoms with Gasteiger partial charge in [0.05, 0.1) is 15.4 Å². The molecule has 2 rings (SSSR count). The summed E-state index contributed by atoms with van der Waals surface area (Å²) in [6.45, 7) is 2.24. The first-order chi connectivity index (χ1) is 12.8. The normalized spacial score (nSPS) is 11.7. The van der Waals surface area contributed by atoms with E-state index in [-0.39, 0.29) is 34.3 Å². The monoisotopic (exact) mass is 387 g/mol. The molecule has 0 aliphatic heterocycles. The second-order valence-corrected chi connectivity index (χ2v) is 6.89. The van der Waals surface area contributed by atoms with Crippen LogP contribution in [0.2, 0.25) is 0 Å². The molecule has 1 unspecified atom stereocenters. The van der Waals surface area contributed by atoms with Crippen molar-refractivity contribution in [3.8, 4) is 0 Å². The van der Waals surface area contributed by atoms with Crippen molar-refractivity contribution in [2.45, 2.75) is 24.3 Å². The number of carbonyl (C=O) groups is 2. The van der Waals surface area contributed by atoms with E-state index >= 15 is 0 Å². The summed E-state index contributed by atoms with van der Waals surface area (Å²) < 4.78 is 0. The number of thioether (sulfide) groups is 1. The van der Waals surface area contributed by atoms with Crippen molar-refractivity contribution < 1.29 is 14.5 Å². The largest absolute Gasteiger partial charge is 0.352 e. The zero-order chi connectivity index (χ0) is 20.0. The van der Waals surface area contributed by atoms with Gasteiger partial charge in [0, 0.05) is 29.8 Å². The first-order valence-electron chi connectivity index (χ1n) is 8.35. The number of nitrogens with one attached hydrogen (secondary N) is 1. The van der Waals surface area contributed by atoms with Gasteiger partial charge in [0.15, 0.2) is 5.78 Å². The second-order valence-electron chi connectivity index (χ2n) is 6.04. The van der Waals surface area contributed by atoms with Crippen LogP contribution in [0.25, 0.3) is 0 Å². The number of amides is 1. The quantitative estimate of drug-likeness (QED) is 0.311. The molecule has 0 aromatic heterocycles. The van der Waals surface area contributed by atoms with Gasteiger partial charge < -0.3 is 11.1 Å². The van der Waals surface area contributed by atoms with E-state index < -0.39 is 10.7 Å². The van der Waals surface area contributed by atoms with Crippen LogP contribution in [0.15, 0.2) is 47.4 Å². The van der Waals surface area contributed by atoms with Crippen molar-refractivity contribution >= 4 is 29.1 Å². The number of benzene rings is 2. The van der Waals surface area contributed by atoms with Gasteiger partial charge in [-0.15, -0.1) is 11.8 Å². The van der Waals surface area contributed by atoms with Crippen LogP contribution in [0, 0.1) is 10.1 Å². The van der Waals surface area contributed by atoms with Gasteiger partial charge in [-0.25, -0.2) is 0 Å². The standard InChI is InChI=1S/C19H21N3O4S/c1-12(20)9-10-21-19(24)15-6-4-3-5-14(15)18(23)13-7-8-17(27-2)16(11-13)22(25)26/h3-8,11-12H,9-10,20H2,1-2H3,(H,21,24). The summed E-state index contributed by atoms with van der Waals surface area (Å²) >= 11 is 1.23. The molecule has 142 valence electrons. The van der Waals surface area contributed by atoms with Gasteiger partial charge in [-0.05, 0) is 37.8 Å². The highest BCUT2D eigenvalue weighted by Crippen LogP contribution is 2.29. The molecule has 0 bridgehead atoms. The van der Waals surface area contributed by atoms with E-state index in [0.29, 0.717) is 17.9 Å². The minimum atomic E-state index is -0.519. The number of nitrogens with two attached hydrogens (primary N) is 1. The number of carbonyl (C=O) groups excluding carboxylic acids is 2. The van der Waals surface area contributed by atoms with Gasteiger partial charge in [0.25, 0.3) is 11.6 Å². The van der Waals surface area contributed by atoms with E-state index in [0.717, 1.165) is 0 Å². The maximum absolute atomic E-state index is 12.9. The maximum atomic E-state index is 12.9. The molecule has 1 atom stereocenters. The molecule has 2 aromatic rings. The number of rotatable bonds is 8. The Bertz CT molecular complexity index is 868. The SMILES string of the molecule is CSc1ccc(C(=O)c2ccccc2C(=O)NCCC(C)N)cc1[N+](=O)[O-]. The fraction of sp³-hybridized carbons (Fsp3) is 0.263. The molecule has 8 heteroatoms. The number of hydrogen-bond acceptors (Lipinski definition) is 6. The highest BCUT2D eigenvalue weighted by molar-refractivity contribution is 7.98. The van der Waals surface area contributed by atoms with Gasteiger partial charge in [-0.2, -0.15) is 0 Å². The lowest BCUT2D eigenvalue weighted by Gasteiger charge is -2.11. The van der Waals surface area contributed by atoms with E-state index in [1.54, 1.807) is 30.5 Å². The molecule has 0 heterocycles. The van der Waals surface area contributed by atoms with Crippen molar-refractivity contribution in [2.24, 2.45) is 5.73 Å². The van der Waals surface area contributed by atoms with Crippen LogP contribution < -0.4 is 11.1 Å². The summed E-state index contributed by atoms with van der Waals surface area (Å²) in [7, 11) is 0. The number of ketones is 1. The van der Waals surface area contributed by atoms with E-state index in [9.17, 15) is 19.7 Å². The Morgan fingerprint density at radius 3 is 2.48 bits per heavy atom. The smallest absolute Gasteiger partial charge is 0.283 e. The topological polar surface area (TPSA) is 115 Å². The third-order valence-electron chi connectivity index (χ3n) is 3.94. The van der Waals surface area contributed by atoms with Crippen molar-refractivity contribution in [3.63, 3.8) is 0 Å². The minimum Gasteiger partial charge on any atom is -0.352 e. The third kappa shape index (κ3) is 5.15. The van der Waals surface area contributed by atoms with E-state index in [4.69, 9.17) is 5.73 Å². The lowest BCUT2D eigenvalue weighted by Crippen LogP contribution is -2.30. The van der Waals surface area contributed by atoms with Crippen LogP contribution in [0.1, 0.15) is 39.6 Å². The predicted octanol–water partition coefficient (Wildman–Crippen LogP) is 3.01. The Morgan fingerprint density at radius 2 is 1.89 bits per heavy atom. The zero-order valence-corrected chi connectivity index (χ0v) is 15.9. The molecule has 0 aliphatic rings. The zero-order valence-electron chi connectivity index (χ0n) is 15.1. The van der Waals surface area contributed by atoms with Crippen LogP contribution in [-0.4, -0.2) is 35.5 Å². The molecule has 0 radical (unpaired) electrons. The highest BCUT2D eigenvalue weighted by atomic mass is 32.2. The third-order valence-corrected chi connectivity index (χ3v) is 4.72. The molecule has 27 heavy (non-hydrogen) atoms. The molecule has 3 N–H and O–H groups in total. The van der Waals surface area contributed by atoms with E-state index in [2.05, 4.69) is 5.32 Å². The number of nitrogens with zero attached hydrogens (tertiary/aromatic N) is 1. The number of hydrogen-bond donors (Lipinski definition) is 2. The Morgan fingerprint density at radius 1 is 1.22 bits per heavy atom. The lowest BCUT2D eigenvalue weighted by atomic mass is 9.97. The molecule has 0 fully saturated rings. The average molecular weight is 387 g/mol. The molecule has 0 aliphatic carbocycles. The molecule has 0 saturated heterocycles. The Hall–Kier alpha value is -2.71. The second kappa shape index (κ2) is 9.29. The summed E-state index contributed by atoms with van der Waals surface area (Å²) in [5.41, 5.74) is 6.12. The molecule has 2 aromatic carbocycles. The Balaban J connectivity index is 2.33.